The first-order valence-corrected chi connectivity index (χ1v) is 8.25. The Morgan fingerprint density at radius 1 is 1.29 bits per heavy atom. The number of hydrogen-bond acceptors (Lipinski definition) is 5. The topological polar surface area (TPSA) is 59.8 Å². The maximum Gasteiger partial charge on any atom is 0.227 e. The molecule has 3 aromatic heterocycles. The van der Waals surface area contributed by atoms with Crippen LogP contribution < -0.4 is 5.32 Å². The van der Waals surface area contributed by atoms with Crippen LogP contribution in [0, 0.1) is 6.92 Å². The number of hydrogen-bond donors (Lipinski definition) is 1. The molecule has 0 aliphatic heterocycles. The number of anilines is 1. The molecule has 21 heavy (non-hydrogen) atoms. The molecular weight excluding hydrogens is 304 g/mol. The first-order valence-electron chi connectivity index (χ1n) is 6.49. The number of carbonyl (C=O) groups excluding carboxylic acids is 1. The number of rotatable bonds is 5. The predicted octanol–water partition coefficient (Wildman–Crippen LogP) is 3.41. The lowest BCUT2D eigenvalue weighted by Gasteiger charge is -2.07. The van der Waals surface area contributed by atoms with Gasteiger partial charge in [0.05, 0.1) is 4.88 Å². The van der Waals surface area contributed by atoms with Crippen molar-refractivity contribution in [2.75, 3.05) is 5.32 Å². The molecule has 0 atom stereocenters. The van der Waals surface area contributed by atoms with Crippen molar-refractivity contribution in [3.63, 3.8) is 0 Å². The molecule has 1 amide bonds. The van der Waals surface area contributed by atoms with Gasteiger partial charge in [0.15, 0.2) is 5.13 Å². The van der Waals surface area contributed by atoms with Crippen LogP contribution in [0.3, 0.4) is 0 Å². The van der Waals surface area contributed by atoms with Crippen LogP contribution >= 0.6 is 22.7 Å². The third kappa shape index (κ3) is 3.20. The van der Waals surface area contributed by atoms with Crippen molar-refractivity contribution in [1.82, 2.24) is 14.5 Å². The van der Waals surface area contributed by atoms with E-state index in [4.69, 9.17) is 0 Å². The number of imidazole rings is 1. The number of nitrogens with zero attached hydrogens (tertiary/aromatic N) is 3. The summed E-state index contributed by atoms with van der Waals surface area (Å²) < 4.78 is 2.01. The average molecular weight is 318 g/mol. The van der Waals surface area contributed by atoms with Crippen molar-refractivity contribution in [1.29, 1.82) is 0 Å². The van der Waals surface area contributed by atoms with Gasteiger partial charge in [-0.3, -0.25) is 4.79 Å². The van der Waals surface area contributed by atoms with Gasteiger partial charge in [0.2, 0.25) is 5.91 Å². The maximum absolute atomic E-state index is 11.9. The van der Waals surface area contributed by atoms with E-state index in [1.165, 1.54) is 16.9 Å². The fourth-order valence-electron chi connectivity index (χ4n) is 1.99. The Balaban J connectivity index is 1.65. The summed E-state index contributed by atoms with van der Waals surface area (Å²) in [5, 5.41) is 7.32. The van der Waals surface area contributed by atoms with Crippen molar-refractivity contribution >= 4 is 33.7 Å². The van der Waals surface area contributed by atoms with Crippen LogP contribution in [0.15, 0.2) is 35.4 Å². The third-order valence-corrected chi connectivity index (χ3v) is 4.74. The number of aryl methyl sites for hydroxylation is 2. The van der Waals surface area contributed by atoms with Crippen LogP contribution in [0.1, 0.15) is 12.0 Å². The summed E-state index contributed by atoms with van der Waals surface area (Å²) in [7, 11) is 0. The zero-order valence-electron chi connectivity index (χ0n) is 11.4. The minimum absolute atomic E-state index is 0.0347. The largest absolute Gasteiger partial charge is 0.330 e. The maximum atomic E-state index is 11.9. The molecular formula is C14H14N4OS2. The van der Waals surface area contributed by atoms with E-state index >= 15 is 0 Å². The van der Waals surface area contributed by atoms with E-state index in [2.05, 4.69) is 33.7 Å². The molecule has 0 fully saturated rings. The molecule has 0 aliphatic rings. The lowest BCUT2D eigenvalue weighted by Crippen LogP contribution is -2.14. The van der Waals surface area contributed by atoms with E-state index in [9.17, 15) is 4.79 Å². The zero-order chi connectivity index (χ0) is 14.7. The van der Waals surface area contributed by atoms with Gasteiger partial charge in [-0.25, -0.2) is 9.97 Å². The molecule has 3 aromatic rings. The number of aromatic nitrogens is 3. The second-order valence-electron chi connectivity index (χ2n) is 4.51. The molecule has 0 aromatic carbocycles. The van der Waals surface area contributed by atoms with Gasteiger partial charge in [0, 0.05) is 36.9 Å². The summed E-state index contributed by atoms with van der Waals surface area (Å²) in [5.74, 6) is 0.886. The van der Waals surface area contributed by atoms with Gasteiger partial charge in [-0.1, -0.05) is 0 Å². The molecule has 0 saturated heterocycles. The van der Waals surface area contributed by atoms with Crippen LogP contribution in [0.4, 0.5) is 5.13 Å². The number of nitrogens with one attached hydrogen (secondary N) is 1. The van der Waals surface area contributed by atoms with Crippen LogP contribution in [0.2, 0.25) is 0 Å². The fourth-order valence-corrected chi connectivity index (χ4v) is 3.47. The first-order chi connectivity index (χ1) is 10.2. The molecule has 0 saturated carbocycles. The van der Waals surface area contributed by atoms with E-state index in [1.807, 2.05) is 16.1 Å². The number of carbonyl (C=O) groups is 1. The van der Waals surface area contributed by atoms with Gasteiger partial charge in [0.25, 0.3) is 0 Å². The molecule has 0 spiro atoms. The fraction of sp³-hybridized carbons (Fsp3) is 0.214. The van der Waals surface area contributed by atoms with E-state index in [-0.39, 0.29) is 5.91 Å². The van der Waals surface area contributed by atoms with Crippen LogP contribution in [0.25, 0.3) is 10.7 Å². The summed E-state index contributed by atoms with van der Waals surface area (Å²) in [4.78, 5) is 21.5. The molecule has 3 rings (SSSR count). The Morgan fingerprint density at radius 2 is 2.19 bits per heavy atom. The Kier molecular flexibility index (Phi) is 4.12. The van der Waals surface area contributed by atoms with Gasteiger partial charge in [-0.15, -0.1) is 22.7 Å². The van der Waals surface area contributed by atoms with Crippen molar-refractivity contribution in [3.05, 3.63) is 41.0 Å². The molecule has 0 bridgehead atoms. The first kappa shape index (κ1) is 14.0. The standard InChI is InChI=1S/C14H14N4OS2/c1-10-3-8-20-12(10)13-15-4-7-18(13)6-2-11(19)17-14-16-5-9-21-14/h3-5,7-9H,2,6H2,1H3,(H,16,17,19). The van der Waals surface area contributed by atoms with Crippen LogP contribution in [-0.2, 0) is 11.3 Å². The van der Waals surface area contributed by atoms with Gasteiger partial charge < -0.3 is 9.88 Å². The number of amides is 1. The van der Waals surface area contributed by atoms with Gasteiger partial charge in [-0.2, -0.15) is 0 Å². The Bertz CT molecular complexity index is 730. The summed E-state index contributed by atoms with van der Waals surface area (Å²) in [6.07, 6.45) is 5.75. The zero-order valence-corrected chi connectivity index (χ0v) is 13.1. The van der Waals surface area contributed by atoms with Crippen molar-refractivity contribution < 1.29 is 4.79 Å². The Hall–Kier alpha value is -1.99. The van der Waals surface area contributed by atoms with E-state index in [0.717, 1.165) is 10.7 Å². The van der Waals surface area contributed by atoms with Gasteiger partial charge in [-0.05, 0) is 23.9 Å². The lowest BCUT2D eigenvalue weighted by molar-refractivity contribution is -0.116. The highest BCUT2D eigenvalue weighted by Crippen LogP contribution is 2.27. The number of thiophene rings is 1. The summed E-state index contributed by atoms with van der Waals surface area (Å²) in [6, 6.07) is 2.08. The van der Waals surface area contributed by atoms with Crippen molar-refractivity contribution in [2.24, 2.45) is 0 Å². The monoisotopic (exact) mass is 318 g/mol. The summed E-state index contributed by atoms with van der Waals surface area (Å²) in [6.45, 7) is 2.67. The van der Waals surface area contributed by atoms with E-state index in [1.54, 1.807) is 23.7 Å². The molecule has 0 radical (unpaired) electrons. The average Bonchev–Trinajstić information content (AvgIpc) is 3.17. The molecule has 108 valence electrons. The molecule has 3 heterocycles. The third-order valence-electron chi connectivity index (χ3n) is 3.04. The Morgan fingerprint density at radius 3 is 2.90 bits per heavy atom. The lowest BCUT2D eigenvalue weighted by atomic mass is 10.3. The number of thiazole rings is 1. The minimum Gasteiger partial charge on any atom is -0.330 e. The highest BCUT2D eigenvalue weighted by atomic mass is 32.1. The van der Waals surface area contributed by atoms with Gasteiger partial charge in [0.1, 0.15) is 5.82 Å². The molecule has 1 N–H and O–H groups in total. The van der Waals surface area contributed by atoms with Crippen LogP contribution in [0.5, 0.6) is 0 Å². The predicted molar refractivity (Wildman–Crippen MR) is 85.6 cm³/mol. The molecule has 0 aliphatic carbocycles. The second kappa shape index (κ2) is 6.19. The van der Waals surface area contributed by atoms with E-state index < -0.39 is 0 Å². The molecule has 5 nitrogen and oxygen atoms in total. The molecule has 7 heteroatoms. The van der Waals surface area contributed by atoms with Gasteiger partial charge >= 0.3 is 0 Å². The normalized spacial score (nSPS) is 10.7. The quantitative estimate of drug-likeness (QED) is 0.784. The van der Waals surface area contributed by atoms with Crippen LogP contribution in [-0.4, -0.2) is 20.4 Å². The van der Waals surface area contributed by atoms with Crippen molar-refractivity contribution in [3.8, 4) is 10.7 Å². The Labute approximate surface area is 130 Å². The second-order valence-corrected chi connectivity index (χ2v) is 6.32. The smallest absolute Gasteiger partial charge is 0.227 e. The van der Waals surface area contributed by atoms with E-state index in [0.29, 0.717) is 18.1 Å². The SMILES string of the molecule is Cc1ccsc1-c1nccn1CCC(=O)Nc1nccs1. The summed E-state index contributed by atoms with van der Waals surface area (Å²) >= 11 is 3.08. The minimum atomic E-state index is -0.0347. The highest BCUT2D eigenvalue weighted by Gasteiger charge is 2.11. The molecule has 0 unspecified atom stereocenters. The highest BCUT2D eigenvalue weighted by molar-refractivity contribution is 7.14. The van der Waals surface area contributed by atoms with Crippen molar-refractivity contribution in [2.45, 2.75) is 19.9 Å². The summed E-state index contributed by atoms with van der Waals surface area (Å²) in [5.41, 5.74) is 1.21.